The number of fused-ring (bicyclic) bond motifs is 4. The van der Waals surface area contributed by atoms with E-state index in [-0.39, 0.29) is 0 Å². The van der Waals surface area contributed by atoms with Crippen LogP contribution in [0.5, 0.6) is 0 Å². The first-order valence-corrected chi connectivity index (χ1v) is 10.7. The molecule has 3 saturated heterocycles. The predicted molar refractivity (Wildman–Crippen MR) is 92.2 cm³/mol. The molecule has 2 atom stereocenters. The molecule has 1 saturated carbocycles. The lowest BCUT2D eigenvalue weighted by Gasteiger charge is -2.36. The topological polar surface area (TPSA) is 58.4 Å². The van der Waals surface area contributed by atoms with E-state index in [1.165, 1.54) is 19.4 Å². The molecule has 5 rings (SSSR count). The van der Waals surface area contributed by atoms with E-state index < -0.39 is 10.0 Å². The second-order valence-corrected chi connectivity index (χ2v) is 9.66. The van der Waals surface area contributed by atoms with Gasteiger partial charge in [0.05, 0.1) is 5.69 Å². The third-order valence-corrected chi connectivity index (χ3v) is 7.76. The monoisotopic (exact) mass is 352 g/mol. The van der Waals surface area contributed by atoms with Crippen LogP contribution in [-0.2, 0) is 16.6 Å². The molecule has 3 aliphatic heterocycles. The lowest BCUT2D eigenvalue weighted by molar-refractivity contribution is 0.127. The summed E-state index contributed by atoms with van der Waals surface area (Å²) in [5, 5.41) is 4.33. The molecule has 24 heavy (non-hydrogen) atoms. The molecule has 4 fully saturated rings. The number of aryl methyl sites for hydroxylation is 2. The van der Waals surface area contributed by atoms with Crippen molar-refractivity contribution in [1.82, 2.24) is 19.0 Å². The summed E-state index contributed by atoms with van der Waals surface area (Å²) in [6, 6.07) is 0.389. The van der Waals surface area contributed by atoms with Crippen LogP contribution in [0.3, 0.4) is 0 Å². The van der Waals surface area contributed by atoms with Crippen molar-refractivity contribution in [1.29, 1.82) is 0 Å². The fourth-order valence-electron chi connectivity index (χ4n) is 4.24. The zero-order chi connectivity index (χ0) is 16.9. The Balaban J connectivity index is 1.58. The van der Waals surface area contributed by atoms with Gasteiger partial charge in [0.1, 0.15) is 4.90 Å². The molecule has 1 aromatic rings. The lowest BCUT2D eigenvalue weighted by Crippen LogP contribution is -2.45. The maximum absolute atomic E-state index is 13.2. The molecular formula is C17H28N4O2S. The van der Waals surface area contributed by atoms with Gasteiger partial charge in [0.25, 0.3) is 0 Å². The smallest absolute Gasteiger partial charge is 0.246 e. The fourth-order valence-corrected chi connectivity index (χ4v) is 5.96. The van der Waals surface area contributed by atoms with Crippen molar-refractivity contribution in [3.63, 3.8) is 0 Å². The lowest BCUT2D eigenvalue weighted by atomic mass is 9.95. The summed E-state index contributed by atoms with van der Waals surface area (Å²) in [6.07, 6.45) is 6.69. The summed E-state index contributed by atoms with van der Waals surface area (Å²) >= 11 is 0. The Morgan fingerprint density at radius 1 is 1.17 bits per heavy atom. The zero-order valence-electron chi connectivity index (χ0n) is 14.7. The Bertz CT molecular complexity index is 710. The molecule has 4 heterocycles. The second kappa shape index (κ2) is 6.11. The summed E-state index contributed by atoms with van der Waals surface area (Å²) < 4.78 is 29.9. The van der Waals surface area contributed by atoms with Crippen molar-refractivity contribution in [3.05, 3.63) is 11.9 Å². The zero-order valence-corrected chi connectivity index (χ0v) is 15.5. The highest BCUT2D eigenvalue weighted by molar-refractivity contribution is 7.89. The minimum absolute atomic E-state index is 0.388. The Hall–Kier alpha value is -0.920. The third-order valence-electron chi connectivity index (χ3n) is 5.83. The van der Waals surface area contributed by atoms with Gasteiger partial charge in [-0.25, -0.2) is 8.42 Å². The number of hydrogen-bond donors (Lipinski definition) is 0. The number of nitrogens with zero attached hydrogens (tertiary/aromatic N) is 4. The molecule has 0 N–H and O–H groups in total. The Labute approximate surface area is 144 Å². The number of aromatic nitrogens is 2. The van der Waals surface area contributed by atoms with E-state index in [2.05, 4.69) is 10.00 Å². The van der Waals surface area contributed by atoms with E-state index >= 15 is 0 Å². The molecule has 1 aromatic heterocycles. The highest BCUT2D eigenvalue weighted by Gasteiger charge is 2.41. The van der Waals surface area contributed by atoms with Crippen LogP contribution in [0.25, 0.3) is 0 Å². The second-order valence-electron chi connectivity index (χ2n) is 7.75. The van der Waals surface area contributed by atoms with Gasteiger partial charge in [0.15, 0.2) is 0 Å². The van der Waals surface area contributed by atoms with Crippen LogP contribution >= 0.6 is 0 Å². The molecular weight excluding hydrogens is 324 g/mol. The molecule has 1 aliphatic carbocycles. The van der Waals surface area contributed by atoms with Gasteiger partial charge < -0.3 is 0 Å². The van der Waals surface area contributed by atoms with Gasteiger partial charge in [-0.3, -0.25) is 9.58 Å². The van der Waals surface area contributed by atoms with E-state index in [9.17, 15) is 8.42 Å². The molecule has 4 aliphatic rings. The van der Waals surface area contributed by atoms with Crippen LogP contribution in [-0.4, -0.2) is 59.6 Å². The first kappa shape index (κ1) is 16.5. The van der Waals surface area contributed by atoms with Gasteiger partial charge in [-0.05, 0) is 51.4 Å². The maximum atomic E-state index is 13.2. The van der Waals surface area contributed by atoms with Crippen LogP contribution in [0.2, 0.25) is 0 Å². The third kappa shape index (κ3) is 3.02. The summed E-state index contributed by atoms with van der Waals surface area (Å²) in [7, 11) is -3.44. The largest absolute Gasteiger partial charge is 0.298 e. The van der Waals surface area contributed by atoms with Gasteiger partial charge in [0.2, 0.25) is 10.0 Å². The summed E-state index contributed by atoms with van der Waals surface area (Å²) in [5.74, 6) is 1.33. The Morgan fingerprint density at radius 3 is 2.62 bits per heavy atom. The van der Waals surface area contributed by atoms with Crippen molar-refractivity contribution in [2.45, 2.75) is 57.0 Å². The summed E-state index contributed by atoms with van der Waals surface area (Å²) in [5.41, 5.74) is 0.614. The number of sulfonamides is 1. The van der Waals surface area contributed by atoms with Gasteiger partial charge in [-0.2, -0.15) is 9.40 Å². The molecule has 0 spiro atoms. The average Bonchev–Trinajstić information content (AvgIpc) is 3.33. The number of piperidine rings is 1. The Kier molecular flexibility index (Phi) is 4.21. The van der Waals surface area contributed by atoms with E-state index in [0.29, 0.717) is 42.2 Å². The SMILES string of the molecule is CCn1cc(S(=O)(=O)N2C[C@H]3CC[C@@H](C2)N(CC2CC2)C3)c(C)n1. The molecule has 6 nitrogen and oxygen atoms in total. The molecule has 134 valence electrons. The molecule has 0 unspecified atom stereocenters. The first-order valence-electron chi connectivity index (χ1n) is 9.25. The number of rotatable bonds is 5. The van der Waals surface area contributed by atoms with Crippen LogP contribution in [0.1, 0.15) is 38.3 Å². The highest BCUT2D eigenvalue weighted by atomic mass is 32.2. The van der Waals surface area contributed by atoms with Crippen molar-refractivity contribution in [2.75, 3.05) is 26.2 Å². The van der Waals surface area contributed by atoms with Crippen molar-refractivity contribution in [2.24, 2.45) is 11.8 Å². The molecule has 0 amide bonds. The fraction of sp³-hybridized carbons (Fsp3) is 0.824. The minimum atomic E-state index is -3.44. The minimum Gasteiger partial charge on any atom is -0.298 e. The normalized spacial score (nSPS) is 29.1. The molecule has 0 aromatic carbocycles. The molecule has 0 radical (unpaired) electrons. The van der Waals surface area contributed by atoms with E-state index in [4.69, 9.17) is 0 Å². The standard InChI is InChI=1S/C17H28N4O2S/c1-3-20-12-17(13(2)18-20)24(22,23)21-10-15-6-7-16(11-21)19(9-15)8-14-4-5-14/h12,14-16H,3-11H2,1-2H3/t15-,16-/m0/s1. The van der Waals surface area contributed by atoms with Gasteiger partial charge in [-0.15, -0.1) is 0 Å². The summed E-state index contributed by atoms with van der Waals surface area (Å²) in [4.78, 5) is 2.96. The maximum Gasteiger partial charge on any atom is 0.246 e. The van der Waals surface area contributed by atoms with Gasteiger partial charge >= 0.3 is 0 Å². The Morgan fingerprint density at radius 2 is 1.96 bits per heavy atom. The van der Waals surface area contributed by atoms with Crippen LogP contribution in [0, 0.1) is 18.8 Å². The first-order chi connectivity index (χ1) is 11.5. The molecule has 2 bridgehead atoms. The predicted octanol–water partition coefficient (Wildman–Crippen LogP) is 1.71. The van der Waals surface area contributed by atoms with E-state index in [1.54, 1.807) is 22.1 Å². The van der Waals surface area contributed by atoms with E-state index in [0.717, 1.165) is 25.3 Å². The van der Waals surface area contributed by atoms with Crippen molar-refractivity contribution >= 4 is 10.0 Å². The van der Waals surface area contributed by atoms with Gasteiger partial charge in [-0.1, -0.05) is 0 Å². The van der Waals surface area contributed by atoms with Crippen LogP contribution in [0.15, 0.2) is 11.1 Å². The van der Waals surface area contributed by atoms with E-state index in [1.807, 2.05) is 6.92 Å². The highest BCUT2D eigenvalue weighted by Crippen LogP contribution is 2.36. The van der Waals surface area contributed by atoms with Crippen LogP contribution < -0.4 is 0 Å². The number of hydrogen-bond acceptors (Lipinski definition) is 4. The average molecular weight is 353 g/mol. The quantitative estimate of drug-likeness (QED) is 0.809. The van der Waals surface area contributed by atoms with Crippen LogP contribution in [0.4, 0.5) is 0 Å². The van der Waals surface area contributed by atoms with Gasteiger partial charge in [0, 0.05) is 45.0 Å². The summed E-state index contributed by atoms with van der Waals surface area (Å²) in [6.45, 7) is 8.01. The molecule has 7 heteroatoms. The van der Waals surface area contributed by atoms with Crippen molar-refractivity contribution in [3.8, 4) is 0 Å². The van der Waals surface area contributed by atoms with Crippen molar-refractivity contribution < 1.29 is 8.42 Å².